The third kappa shape index (κ3) is 3.11. The van der Waals surface area contributed by atoms with Crippen molar-refractivity contribution in [1.82, 2.24) is 0 Å². The SMILES string of the molecule is COC(=O)C1=C(C)N=C2C[C@@H](c3ccccc3)CC(=O)C2[C@@H]1c1ccc(C)o1. The monoisotopic (exact) mass is 377 g/mol. The van der Waals surface area contributed by atoms with Crippen LogP contribution in [0.4, 0.5) is 0 Å². The molecule has 0 N–H and O–H groups in total. The van der Waals surface area contributed by atoms with Crippen molar-refractivity contribution in [3.8, 4) is 0 Å². The summed E-state index contributed by atoms with van der Waals surface area (Å²) in [4.78, 5) is 30.5. The van der Waals surface area contributed by atoms with E-state index in [-0.39, 0.29) is 11.7 Å². The Hall–Kier alpha value is -2.95. The molecule has 1 unspecified atom stereocenters. The van der Waals surface area contributed by atoms with Crippen LogP contribution in [0.1, 0.15) is 48.7 Å². The number of fused-ring (bicyclic) bond motifs is 1. The maximum atomic E-state index is 13.3. The number of aliphatic imine (C=N–C) groups is 1. The Morgan fingerprint density at radius 3 is 2.46 bits per heavy atom. The lowest BCUT2D eigenvalue weighted by Crippen LogP contribution is -2.41. The third-order valence-corrected chi connectivity index (χ3v) is 5.70. The van der Waals surface area contributed by atoms with Gasteiger partial charge in [0.1, 0.15) is 17.3 Å². The topological polar surface area (TPSA) is 68.9 Å². The summed E-state index contributed by atoms with van der Waals surface area (Å²) in [6, 6.07) is 13.8. The minimum atomic E-state index is -0.488. The molecule has 0 radical (unpaired) electrons. The summed E-state index contributed by atoms with van der Waals surface area (Å²) < 4.78 is 10.9. The molecule has 2 aromatic rings. The van der Waals surface area contributed by atoms with Gasteiger partial charge in [-0.25, -0.2) is 4.79 Å². The van der Waals surface area contributed by atoms with E-state index in [4.69, 9.17) is 14.1 Å². The third-order valence-electron chi connectivity index (χ3n) is 5.70. The molecule has 0 saturated heterocycles. The second-order valence-corrected chi connectivity index (χ2v) is 7.48. The van der Waals surface area contributed by atoms with Gasteiger partial charge < -0.3 is 9.15 Å². The first kappa shape index (κ1) is 18.4. The average Bonchev–Trinajstić information content (AvgIpc) is 3.13. The van der Waals surface area contributed by atoms with E-state index >= 15 is 0 Å². The summed E-state index contributed by atoms with van der Waals surface area (Å²) in [6.45, 7) is 3.65. The molecule has 1 saturated carbocycles. The van der Waals surface area contributed by atoms with Gasteiger partial charge in [-0.05, 0) is 43.9 Å². The van der Waals surface area contributed by atoms with E-state index in [0.717, 1.165) is 17.0 Å². The second kappa shape index (κ2) is 7.23. The number of hydrogen-bond donors (Lipinski definition) is 0. The van der Waals surface area contributed by atoms with Crippen molar-refractivity contribution in [3.63, 3.8) is 0 Å². The zero-order chi connectivity index (χ0) is 19.8. The van der Waals surface area contributed by atoms with Crippen LogP contribution in [0.5, 0.6) is 0 Å². The first-order chi connectivity index (χ1) is 13.5. The number of rotatable bonds is 3. The lowest BCUT2D eigenvalue weighted by atomic mass is 9.67. The number of carbonyl (C=O) groups is 2. The van der Waals surface area contributed by atoms with Gasteiger partial charge in [0.2, 0.25) is 0 Å². The number of furan rings is 1. The van der Waals surface area contributed by atoms with Crippen molar-refractivity contribution in [2.24, 2.45) is 10.9 Å². The van der Waals surface area contributed by atoms with Crippen LogP contribution in [0, 0.1) is 12.8 Å². The molecular formula is C23H23NO4. The van der Waals surface area contributed by atoms with Gasteiger partial charge >= 0.3 is 5.97 Å². The van der Waals surface area contributed by atoms with Gasteiger partial charge in [0.05, 0.1) is 24.5 Å². The Kier molecular flexibility index (Phi) is 4.75. The van der Waals surface area contributed by atoms with Gasteiger partial charge in [-0.3, -0.25) is 9.79 Å². The van der Waals surface area contributed by atoms with E-state index in [1.165, 1.54) is 7.11 Å². The van der Waals surface area contributed by atoms with Gasteiger partial charge in [-0.2, -0.15) is 0 Å². The molecule has 1 fully saturated rings. The smallest absolute Gasteiger partial charge is 0.336 e. The number of methoxy groups -OCH3 is 1. The van der Waals surface area contributed by atoms with Gasteiger partial charge in [0, 0.05) is 17.8 Å². The first-order valence-corrected chi connectivity index (χ1v) is 9.50. The van der Waals surface area contributed by atoms with Gasteiger partial charge in [0.15, 0.2) is 0 Å². The Bertz CT molecular complexity index is 983. The fourth-order valence-electron chi connectivity index (χ4n) is 4.44. The van der Waals surface area contributed by atoms with Gasteiger partial charge in [-0.15, -0.1) is 0 Å². The van der Waals surface area contributed by atoms with Crippen LogP contribution in [0.2, 0.25) is 0 Å². The van der Waals surface area contributed by atoms with Crippen molar-refractivity contribution >= 4 is 17.5 Å². The minimum absolute atomic E-state index is 0.0896. The number of benzene rings is 1. The average molecular weight is 377 g/mol. The molecule has 2 heterocycles. The maximum absolute atomic E-state index is 13.3. The van der Waals surface area contributed by atoms with Crippen LogP contribution in [0.3, 0.4) is 0 Å². The zero-order valence-electron chi connectivity index (χ0n) is 16.3. The summed E-state index contributed by atoms with van der Waals surface area (Å²) in [7, 11) is 1.35. The number of ketones is 1. The predicted molar refractivity (Wildman–Crippen MR) is 105 cm³/mol. The Morgan fingerprint density at radius 2 is 1.82 bits per heavy atom. The van der Waals surface area contributed by atoms with Crippen LogP contribution >= 0.6 is 0 Å². The Labute approximate surface area is 164 Å². The van der Waals surface area contributed by atoms with Crippen molar-refractivity contribution in [1.29, 1.82) is 0 Å². The highest BCUT2D eigenvalue weighted by atomic mass is 16.5. The van der Waals surface area contributed by atoms with Crippen molar-refractivity contribution < 1.29 is 18.7 Å². The summed E-state index contributed by atoms with van der Waals surface area (Å²) in [5.74, 6) is 0.119. The quantitative estimate of drug-likeness (QED) is 0.747. The van der Waals surface area contributed by atoms with E-state index in [1.807, 2.05) is 37.3 Å². The number of nitrogens with zero attached hydrogens (tertiary/aromatic N) is 1. The molecule has 144 valence electrons. The Balaban J connectivity index is 1.79. The molecule has 1 aliphatic carbocycles. The largest absolute Gasteiger partial charge is 0.466 e. The summed E-state index contributed by atoms with van der Waals surface area (Å²) in [5.41, 5.74) is 2.98. The first-order valence-electron chi connectivity index (χ1n) is 9.50. The van der Waals surface area contributed by atoms with Crippen LogP contribution in [-0.2, 0) is 14.3 Å². The van der Waals surface area contributed by atoms with Crippen LogP contribution in [-0.4, -0.2) is 24.6 Å². The molecular weight excluding hydrogens is 354 g/mol. The Morgan fingerprint density at radius 1 is 1.07 bits per heavy atom. The standard InChI is InChI=1S/C23H23NO4/c1-13-9-10-19(28-13)22-20(23(26)27-3)14(2)24-17-11-16(12-18(25)21(17)22)15-7-5-4-6-8-15/h4-10,16,21-22H,11-12H2,1-3H3/t16-,21?,22-/m1/s1. The van der Waals surface area contributed by atoms with Gasteiger partial charge in [-0.1, -0.05) is 30.3 Å². The fraction of sp³-hybridized carbons (Fsp3) is 0.348. The summed E-state index contributed by atoms with van der Waals surface area (Å²) in [5, 5.41) is 0. The van der Waals surface area contributed by atoms with Gasteiger partial charge in [0.25, 0.3) is 0 Å². The van der Waals surface area contributed by atoms with E-state index in [9.17, 15) is 9.59 Å². The number of hydrogen-bond acceptors (Lipinski definition) is 5. The number of Topliss-reactive ketones (excluding diaryl/α,β-unsaturated/α-hetero) is 1. The summed E-state index contributed by atoms with van der Waals surface area (Å²) in [6.07, 6.45) is 1.12. The highest BCUT2D eigenvalue weighted by Crippen LogP contribution is 2.46. The molecule has 5 nitrogen and oxygen atoms in total. The van der Waals surface area contributed by atoms with Crippen molar-refractivity contribution in [2.45, 2.75) is 38.5 Å². The molecule has 2 aliphatic rings. The number of ether oxygens (including phenoxy) is 1. The van der Waals surface area contributed by atoms with Crippen molar-refractivity contribution in [3.05, 3.63) is 70.8 Å². The minimum Gasteiger partial charge on any atom is -0.466 e. The highest BCUT2D eigenvalue weighted by Gasteiger charge is 2.47. The highest BCUT2D eigenvalue weighted by molar-refractivity contribution is 6.12. The zero-order valence-corrected chi connectivity index (χ0v) is 16.3. The molecule has 0 spiro atoms. The number of esters is 1. The maximum Gasteiger partial charge on any atom is 0.336 e. The molecule has 0 bridgehead atoms. The second-order valence-electron chi connectivity index (χ2n) is 7.48. The van der Waals surface area contributed by atoms with Crippen LogP contribution in [0.15, 0.2) is 63.1 Å². The molecule has 4 rings (SSSR count). The molecule has 1 aromatic carbocycles. The van der Waals surface area contributed by atoms with Crippen LogP contribution < -0.4 is 0 Å². The van der Waals surface area contributed by atoms with E-state index in [2.05, 4.69) is 12.1 Å². The number of carbonyl (C=O) groups excluding carboxylic acids is 2. The van der Waals surface area contributed by atoms with E-state index < -0.39 is 17.8 Å². The molecule has 1 aromatic heterocycles. The lowest BCUT2D eigenvalue weighted by molar-refractivity contribution is -0.136. The molecule has 5 heteroatoms. The normalized spacial score (nSPS) is 24.6. The molecule has 0 amide bonds. The number of aryl methyl sites for hydroxylation is 1. The summed E-state index contributed by atoms with van der Waals surface area (Å²) >= 11 is 0. The lowest BCUT2D eigenvalue weighted by Gasteiger charge is -2.37. The molecule has 28 heavy (non-hydrogen) atoms. The van der Waals surface area contributed by atoms with E-state index in [0.29, 0.717) is 29.9 Å². The van der Waals surface area contributed by atoms with Crippen molar-refractivity contribution in [2.75, 3.05) is 7.11 Å². The van der Waals surface area contributed by atoms with Crippen LogP contribution in [0.25, 0.3) is 0 Å². The predicted octanol–water partition coefficient (Wildman–Crippen LogP) is 4.34. The number of allylic oxidation sites excluding steroid dienone is 1. The molecule has 3 atom stereocenters. The fourth-order valence-corrected chi connectivity index (χ4v) is 4.44. The van der Waals surface area contributed by atoms with E-state index in [1.54, 1.807) is 6.92 Å². The molecule has 1 aliphatic heterocycles.